The molecule has 14 heavy (non-hydrogen) atoms. The van der Waals surface area contributed by atoms with E-state index in [1.807, 2.05) is 0 Å². The maximum atomic E-state index is 11.0. The van der Waals surface area contributed by atoms with Gasteiger partial charge in [0, 0.05) is 0 Å². The van der Waals surface area contributed by atoms with Gasteiger partial charge in [-0.05, 0) is 17.7 Å². The Morgan fingerprint density at radius 3 is 2.43 bits per heavy atom. The number of hydrogen-bond donors (Lipinski definition) is 3. The molecule has 4 nitrogen and oxygen atoms in total. The van der Waals surface area contributed by atoms with Gasteiger partial charge in [0.2, 0.25) is 5.91 Å². The molecule has 1 aliphatic rings. The van der Waals surface area contributed by atoms with E-state index < -0.39 is 6.10 Å². The molecule has 1 heterocycles. The van der Waals surface area contributed by atoms with Crippen molar-refractivity contribution in [3.63, 3.8) is 0 Å². The maximum Gasteiger partial charge on any atom is 0.223 e. The van der Waals surface area contributed by atoms with Gasteiger partial charge in [0.1, 0.15) is 5.75 Å². The molecule has 4 heteroatoms. The van der Waals surface area contributed by atoms with Crippen LogP contribution in [-0.2, 0) is 4.79 Å². The average molecular weight is 193 g/mol. The lowest BCUT2D eigenvalue weighted by molar-refractivity contribution is -0.119. The monoisotopic (exact) mass is 193 g/mol. The normalized spacial score (nSPS) is 26.2. The Bertz CT molecular complexity index is 347. The third-order valence-corrected chi connectivity index (χ3v) is 2.35. The second-order valence-electron chi connectivity index (χ2n) is 3.41. The molecule has 2 atom stereocenters. The summed E-state index contributed by atoms with van der Waals surface area (Å²) in [6.45, 7) is 0. The van der Waals surface area contributed by atoms with Gasteiger partial charge in [-0.25, -0.2) is 0 Å². The fourth-order valence-electron chi connectivity index (χ4n) is 1.62. The van der Waals surface area contributed by atoms with Gasteiger partial charge in [0.25, 0.3) is 0 Å². The van der Waals surface area contributed by atoms with Crippen molar-refractivity contribution in [3.05, 3.63) is 29.8 Å². The van der Waals surface area contributed by atoms with Gasteiger partial charge in [-0.3, -0.25) is 4.79 Å². The molecule has 3 N–H and O–H groups in total. The van der Waals surface area contributed by atoms with E-state index in [2.05, 4.69) is 5.32 Å². The van der Waals surface area contributed by atoms with Gasteiger partial charge in [-0.15, -0.1) is 0 Å². The predicted octanol–water partition coefficient (Wildman–Crippen LogP) is 0.314. The number of rotatable bonds is 1. The van der Waals surface area contributed by atoms with Crippen molar-refractivity contribution in [1.29, 1.82) is 0 Å². The summed E-state index contributed by atoms with van der Waals surface area (Å²) in [7, 11) is 0. The third kappa shape index (κ3) is 1.56. The lowest BCUT2D eigenvalue weighted by Crippen LogP contribution is -2.22. The van der Waals surface area contributed by atoms with Crippen LogP contribution in [0.1, 0.15) is 18.0 Å². The summed E-state index contributed by atoms with van der Waals surface area (Å²) < 4.78 is 0. The molecule has 2 unspecified atom stereocenters. The maximum absolute atomic E-state index is 11.0. The summed E-state index contributed by atoms with van der Waals surface area (Å²) in [5.74, 6) is 0.0307. The largest absolute Gasteiger partial charge is 0.508 e. The lowest BCUT2D eigenvalue weighted by Gasteiger charge is -2.14. The molecule has 0 saturated carbocycles. The summed E-state index contributed by atoms with van der Waals surface area (Å²) >= 11 is 0. The van der Waals surface area contributed by atoms with Crippen LogP contribution in [0.25, 0.3) is 0 Å². The molecule has 0 radical (unpaired) electrons. The first-order valence-electron chi connectivity index (χ1n) is 4.43. The van der Waals surface area contributed by atoms with Crippen molar-refractivity contribution >= 4 is 5.91 Å². The first-order valence-corrected chi connectivity index (χ1v) is 4.43. The Morgan fingerprint density at radius 2 is 1.93 bits per heavy atom. The number of phenols is 1. The highest BCUT2D eigenvalue weighted by Gasteiger charge is 2.31. The van der Waals surface area contributed by atoms with E-state index in [1.54, 1.807) is 12.1 Å². The number of hydrogen-bond acceptors (Lipinski definition) is 3. The van der Waals surface area contributed by atoms with Gasteiger partial charge in [0.05, 0.1) is 18.6 Å². The minimum Gasteiger partial charge on any atom is -0.508 e. The molecule has 74 valence electrons. The number of amides is 1. The van der Waals surface area contributed by atoms with E-state index >= 15 is 0 Å². The molecule has 1 aromatic carbocycles. The molecule has 1 saturated heterocycles. The highest BCUT2D eigenvalue weighted by Crippen LogP contribution is 2.25. The van der Waals surface area contributed by atoms with Crippen LogP contribution in [0.3, 0.4) is 0 Å². The number of phenolic OH excluding ortho intramolecular Hbond substituents is 1. The molecule has 1 amide bonds. The van der Waals surface area contributed by atoms with Crippen LogP contribution in [0.2, 0.25) is 0 Å². The zero-order valence-corrected chi connectivity index (χ0v) is 7.47. The van der Waals surface area contributed by atoms with Crippen molar-refractivity contribution < 1.29 is 15.0 Å². The Balaban J connectivity index is 2.23. The summed E-state index contributed by atoms with van der Waals surface area (Å²) in [5.41, 5.74) is 0.807. The van der Waals surface area contributed by atoms with Crippen molar-refractivity contribution in [2.45, 2.75) is 18.6 Å². The summed E-state index contributed by atoms with van der Waals surface area (Å²) in [6.07, 6.45) is -0.530. The van der Waals surface area contributed by atoms with Crippen molar-refractivity contribution in [2.75, 3.05) is 0 Å². The molecule has 1 aliphatic heterocycles. The minimum absolute atomic E-state index is 0.143. The lowest BCUT2D eigenvalue weighted by atomic mass is 10.0. The number of aromatic hydroxyl groups is 1. The van der Waals surface area contributed by atoms with Crippen LogP contribution < -0.4 is 5.32 Å². The minimum atomic E-state index is -0.674. The van der Waals surface area contributed by atoms with Crippen LogP contribution in [0.5, 0.6) is 5.75 Å². The highest BCUT2D eigenvalue weighted by atomic mass is 16.3. The molecular weight excluding hydrogens is 182 g/mol. The first-order chi connectivity index (χ1) is 6.66. The van der Waals surface area contributed by atoms with Crippen LogP contribution in [0.4, 0.5) is 0 Å². The van der Waals surface area contributed by atoms with Gasteiger partial charge in [-0.1, -0.05) is 12.1 Å². The van der Waals surface area contributed by atoms with E-state index in [0.717, 1.165) is 5.56 Å². The van der Waals surface area contributed by atoms with E-state index in [-0.39, 0.29) is 24.1 Å². The quantitative estimate of drug-likeness (QED) is 0.601. The Hall–Kier alpha value is -1.55. The predicted molar refractivity (Wildman–Crippen MR) is 49.6 cm³/mol. The molecule has 1 fully saturated rings. The Kier molecular flexibility index (Phi) is 2.13. The molecule has 0 bridgehead atoms. The second-order valence-corrected chi connectivity index (χ2v) is 3.41. The zero-order chi connectivity index (χ0) is 10.1. The van der Waals surface area contributed by atoms with E-state index in [4.69, 9.17) is 5.11 Å². The average Bonchev–Trinajstić information content (AvgIpc) is 2.47. The van der Waals surface area contributed by atoms with Crippen LogP contribution >= 0.6 is 0 Å². The summed E-state index contributed by atoms with van der Waals surface area (Å²) in [4.78, 5) is 11.0. The van der Waals surface area contributed by atoms with Crippen molar-refractivity contribution in [1.82, 2.24) is 5.32 Å². The molecule has 0 spiro atoms. The Labute approximate surface area is 81.2 Å². The van der Waals surface area contributed by atoms with Gasteiger partial charge < -0.3 is 15.5 Å². The number of aliphatic hydroxyl groups is 1. The van der Waals surface area contributed by atoms with Gasteiger partial charge in [-0.2, -0.15) is 0 Å². The number of carbonyl (C=O) groups excluding carboxylic acids is 1. The van der Waals surface area contributed by atoms with Gasteiger partial charge in [0.15, 0.2) is 0 Å². The second kappa shape index (κ2) is 3.31. The van der Waals surface area contributed by atoms with Crippen LogP contribution in [0.15, 0.2) is 24.3 Å². The van der Waals surface area contributed by atoms with E-state index in [9.17, 15) is 9.90 Å². The van der Waals surface area contributed by atoms with Crippen LogP contribution in [0, 0.1) is 0 Å². The topological polar surface area (TPSA) is 69.6 Å². The molecule has 1 aromatic rings. The molecule has 0 aliphatic carbocycles. The van der Waals surface area contributed by atoms with Crippen LogP contribution in [-0.4, -0.2) is 22.2 Å². The standard InChI is InChI=1S/C10H11NO3/c12-7-3-1-6(2-4-7)10-8(13)5-9(14)11-10/h1-4,8,10,12-13H,5H2,(H,11,14). The highest BCUT2D eigenvalue weighted by molar-refractivity contribution is 5.79. The fraction of sp³-hybridized carbons (Fsp3) is 0.300. The first kappa shape index (κ1) is 9.02. The molecular formula is C10H11NO3. The number of aliphatic hydroxyl groups excluding tert-OH is 1. The third-order valence-electron chi connectivity index (χ3n) is 2.35. The smallest absolute Gasteiger partial charge is 0.223 e. The number of nitrogens with one attached hydrogen (secondary N) is 1. The fourth-order valence-corrected chi connectivity index (χ4v) is 1.62. The molecule has 0 aromatic heterocycles. The van der Waals surface area contributed by atoms with Gasteiger partial charge >= 0.3 is 0 Å². The Morgan fingerprint density at radius 1 is 1.29 bits per heavy atom. The van der Waals surface area contributed by atoms with Crippen molar-refractivity contribution in [2.24, 2.45) is 0 Å². The van der Waals surface area contributed by atoms with E-state index in [1.165, 1.54) is 12.1 Å². The van der Waals surface area contributed by atoms with Crippen molar-refractivity contribution in [3.8, 4) is 5.75 Å². The number of benzene rings is 1. The van der Waals surface area contributed by atoms with E-state index in [0.29, 0.717) is 0 Å². The molecule has 2 rings (SSSR count). The number of carbonyl (C=O) groups is 1. The SMILES string of the molecule is O=C1CC(O)C(c2ccc(O)cc2)N1. The summed E-state index contributed by atoms with van der Waals surface area (Å²) in [6, 6.07) is 6.10. The summed E-state index contributed by atoms with van der Waals surface area (Å²) in [5, 5.41) is 21.3. The zero-order valence-electron chi connectivity index (χ0n) is 7.47.